The molecule has 1 aliphatic rings. The smallest absolute Gasteiger partial charge is 0.0200 e. The van der Waals surface area contributed by atoms with E-state index in [0.29, 0.717) is 0 Å². The normalized spacial score (nSPS) is 18.0. The lowest BCUT2D eigenvalue weighted by molar-refractivity contribution is 0.433. The summed E-state index contributed by atoms with van der Waals surface area (Å²) in [6.07, 6.45) is 14.9. The summed E-state index contributed by atoms with van der Waals surface area (Å²) in [6, 6.07) is 0. The van der Waals surface area contributed by atoms with Crippen molar-refractivity contribution in [1.29, 1.82) is 0 Å². The van der Waals surface area contributed by atoms with E-state index in [1.54, 1.807) is 5.57 Å². The summed E-state index contributed by atoms with van der Waals surface area (Å²) >= 11 is 0. The van der Waals surface area contributed by atoms with Crippen molar-refractivity contribution < 1.29 is 0 Å². The molecule has 0 amide bonds. The SMILES string of the molecule is CCCC(CCC(C)C)C1=CC=CCC1. The Morgan fingerprint density at radius 3 is 2.53 bits per heavy atom. The van der Waals surface area contributed by atoms with Gasteiger partial charge in [0, 0.05) is 0 Å². The van der Waals surface area contributed by atoms with Crippen LogP contribution in [-0.2, 0) is 0 Å². The standard InChI is InChI=1S/C15H26/c1-4-8-14(12-11-13(2)3)15-9-6-5-7-10-15/h5-6,9,13-14H,4,7-8,10-12H2,1-3H3. The van der Waals surface area contributed by atoms with Gasteiger partial charge in [-0.25, -0.2) is 0 Å². The van der Waals surface area contributed by atoms with Crippen molar-refractivity contribution >= 4 is 0 Å². The van der Waals surface area contributed by atoms with Crippen molar-refractivity contribution in [3.63, 3.8) is 0 Å². The molecule has 1 unspecified atom stereocenters. The largest absolute Gasteiger partial charge is 0.0842 e. The summed E-state index contributed by atoms with van der Waals surface area (Å²) in [4.78, 5) is 0. The van der Waals surface area contributed by atoms with Gasteiger partial charge >= 0.3 is 0 Å². The molecule has 0 bridgehead atoms. The molecule has 0 heteroatoms. The summed E-state index contributed by atoms with van der Waals surface area (Å²) in [5.41, 5.74) is 1.71. The Morgan fingerprint density at radius 1 is 1.20 bits per heavy atom. The summed E-state index contributed by atoms with van der Waals surface area (Å²) in [5.74, 6) is 1.71. The van der Waals surface area contributed by atoms with Crippen LogP contribution in [0.25, 0.3) is 0 Å². The van der Waals surface area contributed by atoms with Gasteiger partial charge in [0.2, 0.25) is 0 Å². The van der Waals surface area contributed by atoms with E-state index in [1.807, 2.05) is 0 Å². The lowest BCUT2D eigenvalue weighted by Gasteiger charge is -2.22. The van der Waals surface area contributed by atoms with E-state index >= 15 is 0 Å². The molecule has 0 heterocycles. The fourth-order valence-electron chi connectivity index (χ4n) is 2.36. The first kappa shape index (κ1) is 12.5. The average molecular weight is 206 g/mol. The van der Waals surface area contributed by atoms with E-state index in [4.69, 9.17) is 0 Å². The maximum atomic E-state index is 2.37. The van der Waals surface area contributed by atoms with Gasteiger partial charge < -0.3 is 0 Å². The van der Waals surface area contributed by atoms with Crippen LogP contribution in [0.5, 0.6) is 0 Å². The minimum atomic E-state index is 0.851. The minimum Gasteiger partial charge on any atom is -0.0842 e. The van der Waals surface area contributed by atoms with Gasteiger partial charge in [0.15, 0.2) is 0 Å². The predicted octanol–water partition coefficient (Wildman–Crippen LogP) is 5.12. The Bertz CT molecular complexity index is 220. The molecule has 0 N–H and O–H groups in total. The highest BCUT2D eigenvalue weighted by Crippen LogP contribution is 2.29. The molecule has 0 saturated heterocycles. The van der Waals surface area contributed by atoms with E-state index in [2.05, 4.69) is 39.0 Å². The van der Waals surface area contributed by atoms with Crippen LogP contribution in [0.4, 0.5) is 0 Å². The van der Waals surface area contributed by atoms with Crippen LogP contribution in [-0.4, -0.2) is 0 Å². The van der Waals surface area contributed by atoms with Crippen LogP contribution in [0, 0.1) is 11.8 Å². The van der Waals surface area contributed by atoms with E-state index in [1.165, 1.54) is 38.5 Å². The first-order valence-corrected chi connectivity index (χ1v) is 6.59. The Morgan fingerprint density at radius 2 is 2.00 bits per heavy atom. The molecule has 1 atom stereocenters. The fourth-order valence-corrected chi connectivity index (χ4v) is 2.36. The molecule has 0 spiro atoms. The maximum Gasteiger partial charge on any atom is -0.0200 e. The minimum absolute atomic E-state index is 0.851. The second-order valence-corrected chi connectivity index (χ2v) is 5.17. The molecule has 1 aliphatic carbocycles. The monoisotopic (exact) mass is 206 g/mol. The van der Waals surface area contributed by atoms with Crippen molar-refractivity contribution in [2.75, 3.05) is 0 Å². The van der Waals surface area contributed by atoms with Crippen LogP contribution in [0.3, 0.4) is 0 Å². The van der Waals surface area contributed by atoms with Crippen LogP contribution in [0.2, 0.25) is 0 Å². The van der Waals surface area contributed by atoms with Crippen molar-refractivity contribution in [1.82, 2.24) is 0 Å². The number of allylic oxidation sites excluding steroid dienone is 4. The zero-order valence-electron chi connectivity index (χ0n) is 10.6. The van der Waals surface area contributed by atoms with E-state index in [9.17, 15) is 0 Å². The van der Waals surface area contributed by atoms with Crippen LogP contribution >= 0.6 is 0 Å². The van der Waals surface area contributed by atoms with Crippen LogP contribution in [0.15, 0.2) is 23.8 Å². The lowest BCUT2D eigenvalue weighted by atomic mass is 9.84. The van der Waals surface area contributed by atoms with E-state index in [-0.39, 0.29) is 0 Å². The lowest BCUT2D eigenvalue weighted by Crippen LogP contribution is -2.07. The zero-order chi connectivity index (χ0) is 11.1. The highest BCUT2D eigenvalue weighted by Gasteiger charge is 2.14. The van der Waals surface area contributed by atoms with Gasteiger partial charge in [0.1, 0.15) is 0 Å². The molecule has 15 heavy (non-hydrogen) atoms. The predicted molar refractivity (Wildman–Crippen MR) is 68.9 cm³/mol. The number of hydrogen-bond donors (Lipinski definition) is 0. The van der Waals surface area contributed by atoms with Gasteiger partial charge in [0.05, 0.1) is 0 Å². The van der Waals surface area contributed by atoms with Crippen molar-refractivity contribution in [3.8, 4) is 0 Å². The molecule has 0 aromatic rings. The molecular formula is C15H26. The second-order valence-electron chi connectivity index (χ2n) is 5.17. The molecule has 0 fully saturated rings. The van der Waals surface area contributed by atoms with E-state index < -0.39 is 0 Å². The number of rotatable bonds is 6. The summed E-state index contributed by atoms with van der Waals surface area (Å²) < 4.78 is 0. The molecule has 1 rings (SSSR count). The van der Waals surface area contributed by atoms with Crippen molar-refractivity contribution in [2.24, 2.45) is 11.8 Å². The fraction of sp³-hybridized carbons (Fsp3) is 0.733. The van der Waals surface area contributed by atoms with Crippen molar-refractivity contribution in [3.05, 3.63) is 23.8 Å². The first-order chi connectivity index (χ1) is 7.24. The second kappa shape index (κ2) is 6.87. The van der Waals surface area contributed by atoms with Gasteiger partial charge in [-0.3, -0.25) is 0 Å². The van der Waals surface area contributed by atoms with Gasteiger partial charge in [-0.15, -0.1) is 0 Å². The molecule has 0 radical (unpaired) electrons. The summed E-state index contributed by atoms with van der Waals surface area (Å²) in [7, 11) is 0. The Balaban J connectivity index is 2.48. The topological polar surface area (TPSA) is 0 Å². The van der Waals surface area contributed by atoms with Crippen LogP contribution < -0.4 is 0 Å². The van der Waals surface area contributed by atoms with Gasteiger partial charge in [-0.1, -0.05) is 57.4 Å². The molecular weight excluding hydrogens is 180 g/mol. The Labute approximate surface area is 95.5 Å². The molecule has 86 valence electrons. The Kier molecular flexibility index (Phi) is 5.75. The van der Waals surface area contributed by atoms with Gasteiger partial charge in [-0.05, 0) is 37.5 Å². The van der Waals surface area contributed by atoms with Gasteiger partial charge in [-0.2, -0.15) is 0 Å². The number of hydrogen-bond acceptors (Lipinski definition) is 0. The molecule has 0 aromatic heterocycles. The Hall–Kier alpha value is -0.520. The zero-order valence-corrected chi connectivity index (χ0v) is 10.6. The molecule has 0 saturated carbocycles. The maximum absolute atomic E-state index is 2.37. The molecule has 0 nitrogen and oxygen atoms in total. The summed E-state index contributed by atoms with van der Waals surface area (Å²) in [6.45, 7) is 6.97. The quantitative estimate of drug-likeness (QED) is 0.566. The van der Waals surface area contributed by atoms with E-state index in [0.717, 1.165) is 11.8 Å². The molecule has 0 aliphatic heterocycles. The first-order valence-electron chi connectivity index (χ1n) is 6.59. The van der Waals surface area contributed by atoms with Gasteiger partial charge in [0.25, 0.3) is 0 Å². The molecule has 0 aromatic carbocycles. The summed E-state index contributed by atoms with van der Waals surface area (Å²) in [5, 5.41) is 0. The third-order valence-corrected chi connectivity index (χ3v) is 3.30. The highest BCUT2D eigenvalue weighted by molar-refractivity contribution is 5.19. The van der Waals surface area contributed by atoms with Crippen molar-refractivity contribution in [2.45, 2.75) is 59.3 Å². The highest BCUT2D eigenvalue weighted by atomic mass is 14.2. The third kappa shape index (κ3) is 4.68. The average Bonchev–Trinajstić information content (AvgIpc) is 2.25. The third-order valence-electron chi connectivity index (χ3n) is 3.30. The van der Waals surface area contributed by atoms with Crippen LogP contribution in [0.1, 0.15) is 59.3 Å².